The van der Waals surface area contributed by atoms with Crippen molar-refractivity contribution in [2.75, 3.05) is 34.4 Å². The molecule has 1 aliphatic rings. The van der Waals surface area contributed by atoms with Crippen molar-refractivity contribution in [1.29, 1.82) is 0 Å². The Morgan fingerprint density at radius 3 is 2.79 bits per heavy atom. The molecule has 1 aromatic carbocycles. The molecule has 0 aliphatic carbocycles. The third kappa shape index (κ3) is 3.39. The van der Waals surface area contributed by atoms with Crippen molar-refractivity contribution in [3.8, 4) is 11.5 Å². The van der Waals surface area contributed by atoms with Gasteiger partial charge in [0, 0.05) is 24.7 Å². The highest BCUT2D eigenvalue weighted by atomic mass is 16.5. The van der Waals surface area contributed by atoms with E-state index < -0.39 is 0 Å². The average molecular weight is 264 g/mol. The fraction of sp³-hybridized carbons (Fsp3) is 0.600. The molecule has 0 spiro atoms. The van der Waals surface area contributed by atoms with E-state index in [-0.39, 0.29) is 0 Å². The van der Waals surface area contributed by atoms with Gasteiger partial charge < -0.3 is 14.8 Å². The summed E-state index contributed by atoms with van der Waals surface area (Å²) in [6.07, 6.45) is 2.51. The number of methoxy groups -OCH3 is 2. The van der Waals surface area contributed by atoms with Crippen LogP contribution < -0.4 is 14.8 Å². The van der Waals surface area contributed by atoms with Gasteiger partial charge in [-0.3, -0.25) is 4.90 Å². The molecule has 0 amide bonds. The lowest BCUT2D eigenvalue weighted by molar-refractivity contribution is 0.193. The van der Waals surface area contributed by atoms with Crippen molar-refractivity contribution < 1.29 is 9.47 Å². The van der Waals surface area contributed by atoms with Crippen molar-refractivity contribution in [2.45, 2.75) is 25.4 Å². The van der Waals surface area contributed by atoms with Crippen LogP contribution in [0.2, 0.25) is 0 Å². The summed E-state index contributed by atoms with van der Waals surface area (Å²) in [7, 11) is 5.55. The van der Waals surface area contributed by atoms with Crippen molar-refractivity contribution in [2.24, 2.45) is 0 Å². The predicted octanol–water partition coefficient (Wildman–Crippen LogP) is 1.89. The van der Waals surface area contributed by atoms with Crippen LogP contribution in [-0.4, -0.2) is 45.3 Å². The SMILES string of the molecule is COc1cccc(CN(C)C2CCCNC2)c1OC. The molecule has 0 bridgehead atoms. The minimum atomic E-state index is 0.602. The molecule has 1 N–H and O–H groups in total. The Labute approximate surface area is 115 Å². The fourth-order valence-electron chi connectivity index (χ4n) is 2.69. The molecule has 1 atom stereocenters. The smallest absolute Gasteiger partial charge is 0.165 e. The first-order valence-electron chi connectivity index (χ1n) is 6.87. The maximum atomic E-state index is 5.49. The van der Waals surface area contributed by atoms with Crippen LogP contribution in [0.3, 0.4) is 0 Å². The molecule has 1 heterocycles. The van der Waals surface area contributed by atoms with Gasteiger partial charge in [-0.1, -0.05) is 12.1 Å². The maximum absolute atomic E-state index is 5.49. The van der Waals surface area contributed by atoms with Crippen LogP contribution in [0.4, 0.5) is 0 Å². The lowest BCUT2D eigenvalue weighted by Gasteiger charge is -2.32. The first-order valence-corrected chi connectivity index (χ1v) is 6.87. The van der Waals surface area contributed by atoms with E-state index in [1.165, 1.54) is 18.4 Å². The molecule has 1 unspecified atom stereocenters. The Hall–Kier alpha value is -1.26. The molecule has 1 aromatic rings. The summed E-state index contributed by atoms with van der Waals surface area (Å²) in [5, 5.41) is 3.46. The van der Waals surface area contributed by atoms with Gasteiger partial charge in [-0.2, -0.15) is 0 Å². The largest absolute Gasteiger partial charge is 0.493 e. The third-order valence-electron chi connectivity index (χ3n) is 3.80. The van der Waals surface area contributed by atoms with Gasteiger partial charge in [-0.25, -0.2) is 0 Å². The molecule has 1 aliphatic heterocycles. The van der Waals surface area contributed by atoms with E-state index in [4.69, 9.17) is 9.47 Å². The quantitative estimate of drug-likeness (QED) is 0.880. The molecule has 19 heavy (non-hydrogen) atoms. The van der Waals surface area contributed by atoms with Gasteiger partial charge in [-0.05, 0) is 32.5 Å². The van der Waals surface area contributed by atoms with Gasteiger partial charge in [0.2, 0.25) is 0 Å². The summed E-state index contributed by atoms with van der Waals surface area (Å²) in [6, 6.07) is 6.66. The highest BCUT2D eigenvalue weighted by Crippen LogP contribution is 2.31. The first-order chi connectivity index (χ1) is 9.26. The Kier molecular flexibility index (Phi) is 5.05. The molecule has 0 saturated carbocycles. The number of hydrogen-bond donors (Lipinski definition) is 1. The van der Waals surface area contributed by atoms with Gasteiger partial charge in [0.05, 0.1) is 14.2 Å². The van der Waals surface area contributed by atoms with Crippen molar-refractivity contribution in [1.82, 2.24) is 10.2 Å². The second kappa shape index (κ2) is 6.78. The van der Waals surface area contributed by atoms with E-state index in [1.807, 2.05) is 12.1 Å². The molecule has 1 fully saturated rings. The molecular formula is C15H24N2O2. The number of ether oxygens (including phenoxy) is 2. The van der Waals surface area contributed by atoms with Crippen LogP contribution in [0, 0.1) is 0 Å². The van der Waals surface area contributed by atoms with E-state index in [1.54, 1.807) is 14.2 Å². The van der Waals surface area contributed by atoms with Crippen molar-refractivity contribution >= 4 is 0 Å². The average Bonchev–Trinajstić information content (AvgIpc) is 2.47. The maximum Gasteiger partial charge on any atom is 0.165 e. The van der Waals surface area contributed by atoms with Crippen LogP contribution in [0.1, 0.15) is 18.4 Å². The normalized spacial score (nSPS) is 19.5. The standard InChI is InChI=1S/C15H24N2O2/c1-17(13-7-5-9-16-10-13)11-12-6-4-8-14(18-2)15(12)19-3/h4,6,8,13,16H,5,7,9-11H2,1-3H3. The topological polar surface area (TPSA) is 33.7 Å². The van der Waals surface area contributed by atoms with E-state index >= 15 is 0 Å². The monoisotopic (exact) mass is 264 g/mol. The number of rotatable bonds is 5. The minimum absolute atomic E-state index is 0.602. The number of piperidine rings is 1. The molecule has 0 aromatic heterocycles. The molecule has 4 nitrogen and oxygen atoms in total. The number of hydrogen-bond acceptors (Lipinski definition) is 4. The second-order valence-electron chi connectivity index (χ2n) is 5.07. The summed E-state index contributed by atoms with van der Waals surface area (Å²) in [4.78, 5) is 2.39. The van der Waals surface area contributed by atoms with Gasteiger partial charge in [0.1, 0.15) is 0 Å². The fourth-order valence-corrected chi connectivity index (χ4v) is 2.69. The lowest BCUT2D eigenvalue weighted by Crippen LogP contribution is -2.43. The number of para-hydroxylation sites is 1. The number of nitrogens with one attached hydrogen (secondary N) is 1. The Balaban J connectivity index is 2.09. The molecule has 2 rings (SSSR count). The minimum Gasteiger partial charge on any atom is -0.493 e. The van der Waals surface area contributed by atoms with Crippen molar-refractivity contribution in [3.63, 3.8) is 0 Å². The highest BCUT2D eigenvalue weighted by molar-refractivity contribution is 5.46. The van der Waals surface area contributed by atoms with E-state index in [9.17, 15) is 0 Å². The number of benzene rings is 1. The molecule has 1 saturated heterocycles. The number of nitrogens with zero attached hydrogens (tertiary/aromatic N) is 1. The van der Waals surface area contributed by atoms with Crippen LogP contribution in [0.15, 0.2) is 18.2 Å². The van der Waals surface area contributed by atoms with Crippen LogP contribution in [0.5, 0.6) is 11.5 Å². The molecule has 106 valence electrons. The second-order valence-corrected chi connectivity index (χ2v) is 5.07. The van der Waals surface area contributed by atoms with E-state index in [0.29, 0.717) is 6.04 Å². The summed E-state index contributed by atoms with van der Waals surface area (Å²) >= 11 is 0. The summed E-state index contributed by atoms with van der Waals surface area (Å²) in [5.74, 6) is 1.65. The lowest BCUT2D eigenvalue weighted by atomic mass is 10.1. The van der Waals surface area contributed by atoms with E-state index in [2.05, 4.69) is 23.3 Å². The zero-order valence-electron chi connectivity index (χ0n) is 12.1. The van der Waals surface area contributed by atoms with Crippen LogP contribution >= 0.6 is 0 Å². The van der Waals surface area contributed by atoms with E-state index in [0.717, 1.165) is 31.1 Å². The molecular weight excluding hydrogens is 240 g/mol. The zero-order chi connectivity index (χ0) is 13.7. The van der Waals surface area contributed by atoms with Gasteiger partial charge in [0.25, 0.3) is 0 Å². The van der Waals surface area contributed by atoms with Crippen LogP contribution in [-0.2, 0) is 6.54 Å². The Morgan fingerprint density at radius 1 is 1.32 bits per heavy atom. The molecule has 0 radical (unpaired) electrons. The van der Waals surface area contributed by atoms with Gasteiger partial charge in [-0.15, -0.1) is 0 Å². The van der Waals surface area contributed by atoms with Crippen molar-refractivity contribution in [3.05, 3.63) is 23.8 Å². The summed E-state index contributed by atoms with van der Waals surface area (Å²) in [5.41, 5.74) is 1.18. The summed E-state index contributed by atoms with van der Waals surface area (Å²) < 4.78 is 10.8. The third-order valence-corrected chi connectivity index (χ3v) is 3.80. The zero-order valence-corrected chi connectivity index (χ0v) is 12.1. The Bertz CT molecular complexity index is 403. The summed E-state index contributed by atoms with van der Waals surface area (Å²) in [6.45, 7) is 3.10. The predicted molar refractivity (Wildman–Crippen MR) is 76.9 cm³/mol. The first kappa shape index (κ1) is 14.2. The van der Waals surface area contributed by atoms with Crippen LogP contribution in [0.25, 0.3) is 0 Å². The highest BCUT2D eigenvalue weighted by Gasteiger charge is 2.19. The molecule has 4 heteroatoms. The van der Waals surface area contributed by atoms with Gasteiger partial charge >= 0.3 is 0 Å². The van der Waals surface area contributed by atoms with Gasteiger partial charge in [0.15, 0.2) is 11.5 Å². The number of likely N-dealkylation sites (N-methyl/N-ethyl adjacent to an activating group) is 1. The Morgan fingerprint density at radius 2 is 2.16 bits per heavy atom.